The van der Waals surface area contributed by atoms with Crippen LogP contribution in [0, 0.1) is 0 Å². The second-order valence-electron chi connectivity index (χ2n) is 6.49. The van der Waals surface area contributed by atoms with Gasteiger partial charge in [-0.25, -0.2) is 14.6 Å². The van der Waals surface area contributed by atoms with Crippen LogP contribution in [-0.4, -0.2) is 43.6 Å². The monoisotopic (exact) mass is 370 g/mol. The summed E-state index contributed by atoms with van der Waals surface area (Å²) in [5.41, 5.74) is 8.54. The number of rotatable bonds is 2. The summed E-state index contributed by atoms with van der Waals surface area (Å²) in [5.74, 6) is 0.523. The van der Waals surface area contributed by atoms with Gasteiger partial charge in [-0.3, -0.25) is 4.79 Å². The summed E-state index contributed by atoms with van der Waals surface area (Å²) >= 11 is 6.01. The summed E-state index contributed by atoms with van der Waals surface area (Å²) in [7, 11) is 0. The molecule has 7 nitrogen and oxygen atoms in total. The fourth-order valence-corrected chi connectivity index (χ4v) is 3.61. The Balaban J connectivity index is 1.78. The van der Waals surface area contributed by atoms with Crippen molar-refractivity contribution in [3.63, 3.8) is 0 Å². The topological polar surface area (TPSA) is 89.9 Å². The first-order valence-electron chi connectivity index (χ1n) is 8.54. The van der Waals surface area contributed by atoms with E-state index in [-0.39, 0.29) is 11.9 Å². The highest BCUT2D eigenvalue weighted by molar-refractivity contribution is 6.30. The summed E-state index contributed by atoms with van der Waals surface area (Å²) in [5, 5.41) is 6.25. The molecule has 1 fully saturated rings. The summed E-state index contributed by atoms with van der Waals surface area (Å²) in [4.78, 5) is 22.0. The molecule has 3 heterocycles. The highest BCUT2D eigenvalue weighted by atomic mass is 35.5. The lowest BCUT2D eigenvalue weighted by atomic mass is 10.1. The number of nitrogen functional groups attached to an aromatic ring is 1. The second kappa shape index (κ2) is 6.57. The van der Waals surface area contributed by atoms with E-state index in [0.717, 1.165) is 48.2 Å². The summed E-state index contributed by atoms with van der Waals surface area (Å²) < 4.78 is 1.94. The Morgan fingerprint density at radius 3 is 2.54 bits per heavy atom. The highest BCUT2D eigenvalue weighted by Gasteiger charge is 2.26. The number of benzene rings is 1. The Hall–Kier alpha value is -2.67. The number of halogens is 1. The lowest BCUT2D eigenvalue weighted by Crippen LogP contribution is -2.37. The molecule has 4 rings (SSSR count). The third-order valence-corrected chi connectivity index (χ3v) is 5.14. The molecular formula is C18H19ClN6O. The van der Waals surface area contributed by atoms with Gasteiger partial charge in [0.25, 0.3) is 0 Å². The molecule has 1 saturated heterocycles. The Morgan fingerprint density at radius 2 is 1.88 bits per heavy atom. The molecule has 0 radical (unpaired) electrons. The molecule has 0 bridgehead atoms. The van der Waals surface area contributed by atoms with E-state index in [1.807, 2.05) is 33.8 Å². The SMILES string of the molecule is CC(=O)N1CCC(n2nc(-c3ccc(Cl)cc3)c3c(N)ncnc32)CC1. The first kappa shape index (κ1) is 16.8. The van der Waals surface area contributed by atoms with Crippen molar-refractivity contribution in [2.75, 3.05) is 18.8 Å². The van der Waals surface area contributed by atoms with E-state index < -0.39 is 0 Å². The molecule has 1 aliphatic heterocycles. The van der Waals surface area contributed by atoms with Gasteiger partial charge in [0.1, 0.15) is 17.8 Å². The maximum absolute atomic E-state index is 11.6. The van der Waals surface area contributed by atoms with Crippen molar-refractivity contribution in [3.05, 3.63) is 35.6 Å². The fraction of sp³-hybridized carbons (Fsp3) is 0.333. The standard InChI is InChI=1S/C18H19ClN6O/c1-11(26)24-8-6-14(7-9-24)25-18-15(17(20)21-10-22-18)16(23-25)12-2-4-13(19)5-3-12/h2-5,10,14H,6-9H2,1H3,(H2,20,21,22). The van der Waals surface area contributed by atoms with E-state index in [0.29, 0.717) is 10.8 Å². The molecule has 0 unspecified atom stereocenters. The Labute approximate surface area is 155 Å². The molecule has 1 aliphatic rings. The number of carbonyl (C=O) groups is 1. The maximum atomic E-state index is 11.6. The molecule has 134 valence electrons. The zero-order valence-corrected chi connectivity index (χ0v) is 15.1. The normalized spacial score (nSPS) is 15.5. The number of nitrogens with zero attached hydrogens (tertiary/aromatic N) is 5. The molecule has 1 amide bonds. The van der Waals surface area contributed by atoms with Gasteiger partial charge >= 0.3 is 0 Å². The lowest BCUT2D eigenvalue weighted by Gasteiger charge is -2.31. The Morgan fingerprint density at radius 1 is 1.19 bits per heavy atom. The molecule has 2 N–H and O–H groups in total. The Kier molecular flexibility index (Phi) is 4.24. The largest absolute Gasteiger partial charge is 0.383 e. The van der Waals surface area contributed by atoms with Gasteiger partial charge in [0.05, 0.1) is 11.4 Å². The van der Waals surface area contributed by atoms with Crippen LogP contribution in [0.2, 0.25) is 5.02 Å². The van der Waals surface area contributed by atoms with Crippen LogP contribution < -0.4 is 5.73 Å². The van der Waals surface area contributed by atoms with E-state index >= 15 is 0 Å². The molecule has 0 aliphatic carbocycles. The van der Waals surface area contributed by atoms with Crippen molar-refractivity contribution < 1.29 is 4.79 Å². The minimum absolute atomic E-state index is 0.113. The maximum Gasteiger partial charge on any atom is 0.219 e. The smallest absolute Gasteiger partial charge is 0.219 e. The molecule has 0 spiro atoms. The third kappa shape index (κ3) is 2.88. The average molecular weight is 371 g/mol. The summed E-state index contributed by atoms with van der Waals surface area (Å²) in [6, 6.07) is 7.65. The number of fused-ring (bicyclic) bond motifs is 1. The minimum atomic E-state index is 0.113. The van der Waals surface area contributed by atoms with Crippen molar-refractivity contribution in [1.82, 2.24) is 24.6 Å². The average Bonchev–Trinajstić information content (AvgIpc) is 3.03. The van der Waals surface area contributed by atoms with Gasteiger partial charge in [0.2, 0.25) is 5.91 Å². The van der Waals surface area contributed by atoms with Crippen molar-refractivity contribution in [2.45, 2.75) is 25.8 Å². The predicted octanol–water partition coefficient (Wildman–Crippen LogP) is 2.91. The van der Waals surface area contributed by atoms with Crippen molar-refractivity contribution in [1.29, 1.82) is 0 Å². The van der Waals surface area contributed by atoms with Crippen LogP contribution in [0.15, 0.2) is 30.6 Å². The second-order valence-corrected chi connectivity index (χ2v) is 6.93. The zero-order chi connectivity index (χ0) is 18.3. The third-order valence-electron chi connectivity index (χ3n) is 4.89. The number of hydrogen-bond acceptors (Lipinski definition) is 5. The van der Waals surface area contributed by atoms with Crippen LogP contribution in [0.5, 0.6) is 0 Å². The van der Waals surface area contributed by atoms with Crippen LogP contribution in [0.1, 0.15) is 25.8 Å². The van der Waals surface area contributed by atoms with Crippen LogP contribution >= 0.6 is 11.6 Å². The summed E-state index contributed by atoms with van der Waals surface area (Å²) in [6.45, 7) is 3.05. The van der Waals surface area contributed by atoms with Crippen molar-refractivity contribution in [3.8, 4) is 11.3 Å². The number of piperidine rings is 1. The van der Waals surface area contributed by atoms with Crippen molar-refractivity contribution >= 4 is 34.4 Å². The molecule has 0 atom stereocenters. The van der Waals surface area contributed by atoms with Crippen LogP contribution in [0.25, 0.3) is 22.3 Å². The number of carbonyl (C=O) groups excluding carboxylic acids is 1. The minimum Gasteiger partial charge on any atom is -0.383 e. The predicted molar refractivity (Wildman–Crippen MR) is 101 cm³/mol. The van der Waals surface area contributed by atoms with Gasteiger partial charge in [-0.2, -0.15) is 5.10 Å². The molecule has 1 aromatic carbocycles. The number of aromatic nitrogens is 4. The Bertz CT molecular complexity index is 960. The first-order valence-corrected chi connectivity index (χ1v) is 8.92. The van der Waals surface area contributed by atoms with E-state index in [1.54, 1.807) is 6.92 Å². The van der Waals surface area contributed by atoms with Gasteiger partial charge in [0.15, 0.2) is 5.65 Å². The van der Waals surface area contributed by atoms with E-state index in [1.165, 1.54) is 6.33 Å². The lowest BCUT2D eigenvalue weighted by molar-refractivity contribution is -0.130. The fourth-order valence-electron chi connectivity index (χ4n) is 3.49. The zero-order valence-electron chi connectivity index (χ0n) is 14.4. The number of hydrogen-bond donors (Lipinski definition) is 1. The molecule has 3 aromatic rings. The van der Waals surface area contributed by atoms with Gasteiger partial charge in [0, 0.05) is 30.6 Å². The van der Waals surface area contributed by atoms with E-state index in [4.69, 9.17) is 22.4 Å². The number of nitrogens with two attached hydrogens (primary N) is 1. The van der Waals surface area contributed by atoms with Gasteiger partial charge in [-0.1, -0.05) is 23.7 Å². The summed E-state index contributed by atoms with van der Waals surface area (Å²) in [6.07, 6.45) is 3.13. The molecule has 26 heavy (non-hydrogen) atoms. The van der Waals surface area contributed by atoms with Crippen LogP contribution in [0.4, 0.5) is 5.82 Å². The number of amides is 1. The quantitative estimate of drug-likeness (QED) is 0.749. The van der Waals surface area contributed by atoms with Crippen molar-refractivity contribution in [2.24, 2.45) is 0 Å². The van der Waals surface area contributed by atoms with E-state index in [2.05, 4.69) is 9.97 Å². The van der Waals surface area contributed by atoms with Gasteiger partial charge in [-0.15, -0.1) is 0 Å². The molecule has 8 heteroatoms. The van der Waals surface area contributed by atoms with Crippen LogP contribution in [0.3, 0.4) is 0 Å². The number of likely N-dealkylation sites (tertiary alicyclic amines) is 1. The van der Waals surface area contributed by atoms with Gasteiger partial charge < -0.3 is 10.6 Å². The van der Waals surface area contributed by atoms with Crippen LogP contribution in [-0.2, 0) is 4.79 Å². The molecule has 0 saturated carbocycles. The van der Waals surface area contributed by atoms with E-state index in [9.17, 15) is 4.79 Å². The highest BCUT2D eigenvalue weighted by Crippen LogP contribution is 2.34. The van der Waals surface area contributed by atoms with Gasteiger partial charge in [-0.05, 0) is 25.0 Å². The molecular weight excluding hydrogens is 352 g/mol. The molecule has 2 aromatic heterocycles. The number of anilines is 1. The first-order chi connectivity index (χ1) is 12.5.